The van der Waals surface area contributed by atoms with Gasteiger partial charge >= 0.3 is 0 Å². The van der Waals surface area contributed by atoms with Gasteiger partial charge in [0.2, 0.25) is 5.91 Å². The summed E-state index contributed by atoms with van der Waals surface area (Å²) in [5.74, 6) is 0.109. The Bertz CT molecular complexity index is 591. The van der Waals surface area contributed by atoms with E-state index < -0.39 is 0 Å². The number of thiophene rings is 1. The van der Waals surface area contributed by atoms with E-state index in [2.05, 4.69) is 10.6 Å². The van der Waals surface area contributed by atoms with E-state index in [1.807, 2.05) is 11.8 Å². The number of amides is 2. The quantitative estimate of drug-likeness (QED) is 0.888. The summed E-state index contributed by atoms with van der Waals surface area (Å²) in [5, 5.41) is 7.06. The predicted molar refractivity (Wildman–Crippen MR) is 93.3 cm³/mol. The number of rotatable bonds is 4. The fourth-order valence-electron chi connectivity index (χ4n) is 3.32. The van der Waals surface area contributed by atoms with Crippen LogP contribution in [0.4, 0.5) is 5.00 Å². The number of carbonyl (C=O) groups is 2. The van der Waals surface area contributed by atoms with Crippen LogP contribution in [-0.4, -0.2) is 42.9 Å². The maximum atomic E-state index is 13.0. The molecular weight excluding hydrogens is 310 g/mol. The molecule has 3 rings (SSSR count). The van der Waals surface area contributed by atoms with Gasteiger partial charge in [0.25, 0.3) is 5.91 Å². The molecule has 6 heteroatoms. The van der Waals surface area contributed by atoms with E-state index in [9.17, 15) is 9.59 Å². The lowest BCUT2D eigenvalue weighted by Crippen LogP contribution is -2.46. The first-order chi connectivity index (χ1) is 11.2. The van der Waals surface area contributed by atoms with Crippen LogP contribution >= 0.6 is 11.3 Å². The Labute approximate surface area is 141 Å². The zero-order chi connectivity index (χ0) is 16.2. The third kappa shape index (κ3) is 3.58. The van der Waals surface area contributed by atoms with Gasteiger partial charge in [-0.05, 0) is 37.7 Å². The molecule has 1 aliphatic carbocycles. The average molecular weight is 335 g/mol. The molecule has 0 aromatic carbocycles. The smallest absolute Gasteiger partial charge is 0.257 e. The van der Waals surface area contributed by atoms with Crippen molar-refractivity contribution in [3.8, 4) is 0 Å². The van der Waals surface area contributed by atoms with Crippen molar-refractivity contribution in [3.63, 3.8) is 0 Å². The van der Waals surface area contributed by atoms with Crippen LogP contribution in [0, 0.1) is 0 Å². The van der Waals surface area contributed by atoms with Gasteiger partial charge in [-0.15, -0.1) is 11.3 Å². The predicted octanol–water partition coefficient (Wildman–Crippen LogP) is 2.41. The Morgan fingerprint density at radius 1 is 1.22 bits per heavy atom. The van der Waals surface area contributed by atoms with E-state index in [0.717, 1.165) is 62.4 Å². The first kappa shape index (κ1) is 16.5. The van der Waals surface area contributed by atoms with Crippen LogP contribution in [-0.2, 0) is 17.6 Å². The molecule has 0 spiro atoms. The number of hydrogen-bond acceptors (Lipinski definition) is 4. The van der Waals surface area contributed by atoms with E-state index >= 15 is 0 Å². The number of piperazine rings is 1. The first-order valence-electron chi connectivity index (χ1n) is 8.65. The van der Waals surface area contributed by atoms with Crippen LogP contribution in [0.3, 0.4) is 0 Å². The molecule has 0 radical (unpaired) electrons. The number of hydrogen-bond donors (Lipinski definition) is 2. The van der Waals surface area contributed by atoms with Gasteiger partial charge < -0.3 is 15.5 Å². The van der Waals surface area contributed by atoms with Crippen molar-refractivity contribution >= 4 is 28.2 Å². The SMILES string of the molecule is CCCC(=O)Nc1sc2c(c1C(=O)N1CCNCC1)CCCC2. The Morgan fingerprint density at radius 2 is 1.96 bits per heavy atom. The Kier molecular flexibility index (Phi) is 5.33. The van der Waals surface area contributed by atoms with E-state index in [4.69, 9.17) is 0 Å². The minimum atomic E-state index is 0.0143. The number of carbonyl (C=O) groups excluding carboxylic acids is 2. The molecule has 2 heterocycles. The highest BCUT2D eigenvalue weighted by Crippen LogP contribution is 2.39. The molecule has 0 bridgehead atoms. The second-order valence-corrected chi connectivity index (χ2v) is 7.36. The minimum absolute atomic E-state index is 0.0143. The molecule has 5 nitrogen and oxygen atoms in total. The van der Waals surface area contributed by atoms with Crippen LogP contribution in [0.2, 0.25) is 0 Å². The molecule has 1 fully saturated rings. The maximum Gasteiger partial charge on any atom is 0.257 e. The summed E-state index contributed by atoms with van der Waals surface area (Å²) in [5.41, 5.74) is 1.97. The fraction of sp³-hybridized carbons (Fsp3) is 0.647. The van der Waals surface area contributed by atoms with Crippen molar-refractivity contribution < 1.29 is 9.59 Å². The molecule has 2 N–H and O–H groups in total. The second kappa shape index (κ2) is 7.45. The van der Waals surface area contributed by atoms with Crippen LogP contribution in [0.15, 0.2) is 0 Å². The Morgan fingerprint density at radius 3 is 2.70 bits per heavy atom. The lowest BCUT2D eigenvalue weighted by atomic mass is 9.95. The first-order valence-corrected chi connectivity index (χ1v) is 9.46. The molecule has 0 saturated carbocycles. The molecule has 0 unspecified atom stereocenters. The van der Waals surface area contributed by atoms with Crippen molar-refractivity contribution in [2.45, 2.75) is 45.4 Å². The lowest BCUT2D eigenvalue weighted by molar-refractivity contribution is -0.116. The standard InChI is InChI=1S/C17H25N3O2S/c1-2-5-14(21)19-16-15(12-6-3-4-7-13(12)23-16)17(22)20-10-8-18-9-11-20/h18H,2-11H2,1H3,(H,19,21). The van der Waals surface area contributed by atoms with Gasteiger partial charge in [-0.25, -0.2) is 0 Å². The third-order valence-corrected chi connectivity index (χ3v) is 5.73. The normalized spacial score (nSPS) is 17.7. The number of anilines is 1. The monoisotopic (exact) mass is 335 g/mol. The summed E-state index contributed by atoms with van der Waals surface area (Å²) in [6, 6.07) is 0. The molecular formula is C17H25N3O2S. The number of fused-ring (bicyclic) bond motifs is 1. The number of aryl methyl sites for hydroxylation is 1. The van der Waals surface area contributed by atoms with Crippen LogP contribution in [0.1, 0.15) is 53.4 Å². The van der Waals surface area contributed by atoms with Gasteiger partial charge in [0.05, 0.1) is 5.56 Å². The molecule has 1 aromatic heterocycles. The zero-order valence-electron chi connectivity index (χ0n) is 13.7. The van der Waals surface area contributed by atoms with Crippen LogP contribution in [0.25, 0.3) is 0 Å². The van der Waals surface area contributed by atoms with Crippen molar-refractivity contribution in [1.29, 1.82) is 0 Å². The van der Waals surface area contributed by atoms with Gasteiger partial charge in [-0.2, -0.15) is 0 Å². The van der Waals surface area contributed by atoms with Crippen LogP contribution in [0.5, 0.6) is 0 Å². The van der Waals surface area contributed by atoms with Gasteiger partial charge in [-0.1, -0.05) is 6.92 Å². The maximum absolute atomic E-state index is 13.0. The topological polar surface area (TPSA) is 61.4 Å². The van der Waals surface area contributed by atoms with Gasteiger partial charge in [0, 0.05) is 37.5 Å². The molecule has 1 aliphatic heterocycles. The van der Waals surface area contributed by atoms with E-state index in [-0.39, 0.29) is 11.8 Å². The summed E-state index contributed by atoms with van der Waals surface area (Å²) in [6.45, 7) is 5.16. The highest BCUT2D eigenvalue weighted by atomic mass is 32.1. The van der Waals surface area contributed by atoms with Crippen molar-refractivity contribution in [3.05, 3.63) is 16.0 Å². The zero-order valence-corrected chi connectivity index (χ0v) is 14.6. The third-order valence-electron chi connectivity index (χ3n) is 4.52. The number of nitrogens with one attached hydrogen (secondary N) is 2. The Balaban J connectivity index is 1.90. The summed E-state index contributed by atoms with van der Waals surface area (Å²) in [4.78, 5) is 28.3. The summed E-state index contributed by atoms with van der Waals surface area (Å²) in [6.07, 6.45) is 5.63. The minimum Gasteiger partial charge on any atom is -0.336 e. The highest BCUT2D eigenvalue weighted by molar-refractivity contribution is 7.17. The average Bonchev–Trinajstić information content (AvgIpc) is 2.93. The fourth-order valence-corrected chi connectivity index (χ4v) is 4.62. The molecule has 2 amide bonds. The highest BCUT2D eigenvalue weighted by Gasteiger charge is 2.29. The molecule has 1 saturated heterocycles. The van der Waals surface area contributed by atoms with Gasteiger partial charge in [0.1, 0.15) is 5.00 Å². The largest absolute Gasteiger partial charge is 0.336 e. The van der Waals surface area contributed by atoms with Gasteiger partial charge in [-0.3, -0.25) is 9.59 Å². The Hall–Kier alpha value is -1.40. The van der Waals surface area contributed by atoms with E-state index in [0.29, 0.717) is 6.42 Å². The lowest BCUT2D eigenvalue weighted by Gasteiger charge is -2.28. The van der Waals surface area contributed by atoms with Crippen molar-refractivity contribution in [2.75, 3.05) is 31.5 Å². The molecule has 23 heavy (non-hydrogen) atoms. The summed E-state index contributed by atoms with van der Waals surface area (Å²) < 4.78 is 0. The van der Waals surface area contributed by atoms with Crippen molar-refractivity contribution in [1.82, 2.24) is 10.2 Å². The van der Waals surface area contributed by atoms with Gasteiger partial charge in [0.15, 0.2) is 0 Å². The van der Waals surface area contributed by atoms with E-state index in [1.165, 1.54) is 16.9 Å². The molecule has 126 valence electrons. The second-order valence-electron chi connectivity index (χ2n) is 6.26. The summed E-state index contributed by atoms with van der Waals surface area (Å²) in [7, 11) is 0. The molecule has 2 aliphatic rings. The summed E-state index contributed by atoms with van der Waals surface area (Å²) >= 11 is 1.61. The van der Waals surface area contributed by atoms with E-state index in [1.54, 1.807) is 11.3 Å². The van der Waals surface area contributed by atoms with Crippen molar-refractivity contribution in [2.24, 2.45) is 0 Å². The number of nitrogens with zero attached hydrogens (tertiary/aromatic N) is 1. The van der Waals surface area contributed by atoms with Crippen LogP contribution < -0.4 is 10.6 Å². The molecule has 1 aromatic rings. The molecule has 0 atom stereocenters.